The molecule has 3 aromatic rings. The summed E-state index contributed by atoms with van der Waals surface area (Å²) in [6, 6.07) is 8.92. The first kappa shape index (κ1) is 13.0. The van der Waals surface area contributed by atoms with Crippen molar-refractivity contribution in [2.45, 2.75) is 0 Å². The maximum Gasteiger partial charge on any atom is 0.339 e. The zero-order valence-corrected chi connectivity index (χ0v) is 11.2. The summed E-state index contributed by atoms with van der Waals surface area (Å²) in [6.07, 6.45) is 4.40. The van der Waals surface area contributed by atoms with Crippen LogP contribution in [0.5, 0.6) is 5.75 Å². The minimum atomic E-state index is -1.05. The fraction of sp³-hybridized carbons (Fsp3) is 0.0667. The number of methoxy groups -OCH3 is 1. The van der Waals surface area contributed by atoms with Gasteiger partial charge < -0.3 is 14.3 Å². The Morgan fingerprint density at radius 3 is 2.81 bits per heavy atom. The van der Waals surface area contributed by atoms with Crippen molar-refractivity contribution < 1.29 is 19.1 Å². The van der Waals surface area contributed by atoms with E-state index in [1.54, 1.807) is 25.3 Å². The minimum absolute atomic E-state index is 0.0994. The summed E-state index contributed by atoms with van der Waals surface area (Å²) >= 11 is 0. The zero-order chi connectivity index (χ0) is 14.8. The van der Waals surface area contributed by atoms with E-state index in [2.05, 4.69) is 5.10 Å². The van der Waals surface area contributed by atoms with E-state index in [0.717, 1.165) is 0 Å². The molecular formula is C15H12N2O4. The monoisotopic (exact) mass is 284 g/mol. The van der Waals surface area contributed by atoms with Crippen molar-refractivity contribution in [1.82, 2.24) is 9.78 Å². The number of hydrogen-bond acceptors (Lipinski definition) is 4. The van der Waals surface area contributed by atoms with E-state index >= 15 is 0 Å². The third-order valence-electron chi connectivity index (χ3n) is 3.07. The molecule has 0 radical (unpaired) electrons. The number of aromatic nitrogens is 2. The van der Waals surface area contributed by atoms with Crippen LogP contribution in [0.3, 0.4) is 0 Å². The average molecular weight is 284 g/mol. The second-order valence-corrected chi connectivity index (χ2v) is 4.32. The second-order valence-electron chi connectivity index (χ2n) is 4.32. The Labute approximate surface area is 120 Å². The summed E-state index contributed by atoms with van der Waals surface area (Å²) < 4.78 is 11.8. The van der Waals surface area contributed by atoms with E-state index in [1.807, 2.05) is 12.1 Å². The maximum atomic E-state index is 11.4. The Morgan fingerprint density at radius 2 is 2.14 bits per heavy atom. The number of aromatic carboxylic acids is 1. The smallest absolute Gasteiger partial charge is 0.339 e. The summed E-state index contributed by atoms with van der Waals surface area (Å²) in [5.74, 6) is -0.442. The molecule has 6 nitrogen and oxygen atoms in total. The number of para-hydroxylation sites is 2. The second kappa shape index (κ2) is 5.16. The van der Waals surface area contributed by atoms with Gasteiger partial charge in [0.25, 0.3) is 0 Å². The number of furan rings is 1. The number of nitrogens with zero attached hydrogens (tertiary/aromatic N) is 2. The lowest BCUT2D eigenvalue weighted by atomic mass is 10.1. The first-order valence-electron chi connectivity index (χ1n) is 6.19. The van der Waals surface area contributed by atoms with Crippen LogP contribution in [-0.4, -0.2) is 28.0 Å². The predicted octanol–water partition coefficient (Wildman–Crippen LogP) is 2.84. The lowest BCUT2D eigenvalue weighted by Gasteiger charge is -2.07. The van der Waals surface area contributed by atoms with E-state index in [0.29, 0.717) is 22.7 Å². The van der Waals surface area contributed by atoms with Gasteiger partial charge in [-0.2, -0.15) is 5.10 Å². The highest BCUT2D eigenvalue weighted by Crippen LogP contribution is 2.27. The molecule has 0 unspecified atom stereocenters. The molecule has 2 heterocycles. The highest BCUT2D eigenvalue weighted by molar-refractivity contribution is 5.94. The topological polar surface area (TPSA) is 77.5 Å². The number of ether oxygens (including phenoxy) is 1. The summed E-state index contributed by atoms with van der Waals surface area (Å²) in [6.45, 7) is 0. The molecule has 0 aliphatic rings. The quantitative estimate of drug-likeness (QED) is 0.797. The van der Waals surface area contributed by atoms with Gasteiger partial charge in [-0.15, -0.1) is 0 Å². The van der Waals surface area contributed by atoms with E-state index in [4.69, 9.17) is 9.15 Å². The Hall–Kier alpha value is -3.02. The number of carboxylic acids is 1. The van der Waals surface area contributed by atoms with E-state index in [9.17, 15) is 9.90 Å². The van der Waals surface area contributed by atoms with Gasteiger partial charge in [-0.3, -0.25) is 0 Å². The van der Waals surface area contributed by atoms with Gasteiger partial charge in [0.2, 0.25) is 0 Å². The number of carbonyl (C=O) groups is 1. The molecule has 6 heteroatoms. The maximum absolute atomic E-state index is 11.4. The molecule has 0 saturated heterocycles. The molecule has 0 fully saturated rings. The van der Waals surface area contributed by atoms with Crippen LogP contribution >= 0.6 is 0 Å². The SMILES string of the molecule is COc1ccccc1-n1cc(C(=O)O)c(-c2ccoc2)n1. The van der Waals surface area contributed by atoms with Crippen molar-refractivity contribution in [3.8, 4) is 22.7 Å². The van der Waals surface area contributed by atoms with Gasteiger partial charge in [0.1, 0.15) is 22.7 Å². The first-order valence-corrected chi connectivity index (χ1v) is 6.19. The minimum Gasteiger partial charge on any atom is -0.494 e. The van der Waals surface area contributed by atoms with Crippen LogP contribution < -0.4 is 4.74 Å². The molecule has 2 aromatic heterocycles. The number of rotatable bonds is 4. The van der Waals surface area contributed by atoms with Crippen molar-refractivity contribution in [3.63, 3.8) is 0 Å². The Balaban J connectivity index is 2.17. The molecule has 0 saturated carbocycles. The van der Waals surface area contributed by atoms with Crippen LogP contribution in [0, 0.1) is 0 Å². The van der Waals surface area contributed by atoms with Crippen molar-refractivity contribution in [3.05, 3.63) is 54.6 Å². The molecule has 1 N–H and O–H groups in total. The highest BCUT2D eigenvalue weighted by atomic mass is 16.5. The fourth-order valence-electron chi connectivity index (χ4n) is 2.09. The van der Waals surface area contributed by atoms with Gasteiger partial charge >= 0.3 is 5.97 Å². The molecule has 106 valence electrons. The average Bonchev–Trinajstić information content (AvgIpc) is 3.16. The van der Waals surface area contributed by atoms with Crippen LogP contribution in [-0.2, 0) is 0 Å². The van der Waals surface area contributed by atoms with Crippen LogP contribution in [0.4, 0.5) is 0 Å². The van der Waals surface area contributed by atoms with Crippen molar-refractivity contribution in [2.75, 3.05) is 7.11 Å². The third kappa shape index (κ3) is 2.27. The summed E-state index contributed by atoms with van der Waals surface area (Å²) in [4.78, 5) is 11.4. The summed E-state index contributed by atoms with van der Waals surface area (Å²) in [5.41, 5.74) is 1.72. The van der Waals surface area contributed by atoms with Crippen LogP contribution in [0.2, 0.25) is 0 Å². The molecular weight excluding hydrogens is 272 g/mol. The molecule has 21 heavy (non-hydrogen) atoms. The van der Waals surface area contributed by atoms with Gasteiger partial charge in [-0.1, -0.05) is 12.1 Å². The zero-order valence-electron chi connectivity index (χ0n) is 11.2. The molecule has 0 amide bonds. The van der Waals surface area contributed by atoms with Crippen molar-refractivity contribution in [2.24, 2.45) is 0 Å². The Kier molecular flexibility index (Phi) is 3.19. The van der Waals surface area contributed by atoms with Gasteiger partial charge in [0.05, 0.1) is 19.6 Å². The molecule has 0 aliphatic carbocycles. The number of carboxylic acid groups (broad SMARTS) is 1. The molecule has 1 aromatic carbocycles. The standard InChI is InChI=1S/C15H12N2O4/c1-20-13-5-3-2-4-12(13)17-8-11(15(18)19)14(16-17)10-6-7-21-9-10/h2-9H,1H3,(H,18,19). The first-order chi connectivity index (χ1) is 10.2. The lowest BCUT2D eigenvalue weighted by Crippen LogP contribution is -1.98. The highest BCUT2D eigenvalue weighted by Gasteiger charge is 2.19. The molecule has 0 bridgehead atoms. The van der Waals surface area contributed by atoms with Gasteiger partial charge in [0.15, 0.2) is 0 Å². The van der Waals surface area contributed by atoms with Crippen LogP contribution in [0.1, 0.15) is 10.4 Å². The Morgan fingerprint density at radius 1 is 1.33 bits per heavy atom. The van der Waals surface area contributed by atoms with E-state index < -0.39 is 5.97 Å². The fourth-order valence-corrected chi connectivity index (χ4v) is 2.09. The van der Waals surface area contributed by atoms with Crippen LogP contribution in [0.25, 0.3) is 16.9 Å². The number of hydrogen-bond donors (Lipinski definition) is 1. The van der Waals surface area contributed by atoms with Crippen molar-refractivity contribution in [1.29, 1.82) is 0 Å². The largest absolute Gasteiger partial charge is 0.494 e. The number of benzene rings is 1. The third-order valence-corrected chi connectivity index (χ3v) is 3.07. The molecule has 3 rings (SSSR count). The van der Waals surface area contributed by atoms with Gasteiger partial charge in [-0.25, -0.2) is 9.48 Å². The van der Waals surface area contributed by atoms with Crippen LogP contribution in [0.15, 0.2) is 53.5 Å². The predicted molar refractivity (Wildman–Crippen MR) is 74.8 cm³/mol. The molecule has 0 atom stereocenters. The van der Waals surface area contributed by atoms with Gasteiger partial charge in [-0.05, 0) is 18.2 Å². The summed E-state index contributed by atoms with van der Waals surface area (Å²) in [5, 5.41) is 13.7. The van der Waals surface area contributed by atoms with E-state index in [-0.39, 0.29) is 5.56 Å². The van der Waals surface area contributed by atoms with Gasteiger partial charge in [0, 0.05) is 11.8 Å². The Bertz CT molecular complexity index is 775. The lowest BCUT2D eigenvalue weighted by molar-refractivity contribution is 0.0697. The molecule has 0 spiro atoms. The normalized spacial score (nSPS) is 10.5. The summed E-state index contributed by atoms with van der Waals surface area (Å²) in [7, 11) is 1.55. The van der Waals surface area contributed by atoms with Crippen molar-refractivity contribution >= 4 is 5.97 Å². The van der Waals surface area contributed by atoms with E-state index in [1.165, 1.54) is 23.4 Å². The molecule has 0 aliphatic heterocycles.